The molecular weight excluding hydrogens is 146 g/mol. The van der Waals surface area contributed by atoms with Crippen molar-refractivity contribution in [2.45, 2.75) is 39.2 Å². The lowest BCUT2D eigenvalue weighted by molar-refractivity contribution is 0.300. The molecule has 1 nitrogen and oxygen atoms in total. The van der Waals surface area contributed by atoms with E-state index in [-0.39, 0.29) is 6.04 Å². The maximum Gasteiger partial charge on any atom is 0.0231 e. The minimum absolute atomic E-state index is 0.253. The fraction of sp³-hybridized carbons (Fsp3) is 0.636. The molecular formula is C11H19N. The molecule has 0 saturated heterocycles. The third-order valence-electron chi connectivity index (χ3n) is 2.35. The number of allylic oxidation sites excluding steroid dienone is 2. The highest BCUT2D eigenvalue weighted by Crippen LogP contribution is 2.35. The smallest absolute Gasteiger partial charge is 0.0231 e. The number of nitrogens with two attached hydrogens (primary N) is 1. The van der Waals surface area contributed by atoms with Gasteiger partial charge in [0.2, 0.25) is 0 Å². The van der Waals surface area contributed by atoms with E-state index in [0.29, 0.717) is 5.41 Å². The van der Waals surface area contributed by atoms with Gasteiger partial charge in [-0.2, -0.15) is 0 Å². The van der Waals surface area contributed by atoms with Crippen molar-refractivity contribution in [1.82, 2.24) is 0 Å². The molecule has 0 radical (unpaired) electrons. The first-order valence-corrected chi connectivity index (χ1v) is 4.59. The SMILES string of the molecule is C=CCC1=CC(N)CC(C)(C)C1. The molecule has 0 amide bonds. The van der Waals surface area contributed by atoms with Crippen LogP contribution in [0, 0.1) is 5.41 Å². The molecule has 1 atom stereocenters. The van der Waals surface area contributed by atoms with Crippen LogP contribution in [-0.2, 0) is 0 Å². The summed E-state index contributed by atoms with van der Waals surface area (Å²) in [5.74, 6) is 0. The molecule has 0 spiro atoms. The lowest BCUT2D eigenvalue weighted by atomic mass is 9.75. The summed E-state index contributed by atoms with van der Waals surface area (Å²) in [6.07, 6.45) is 7.43. The number of hydrogen-bond acceptors (Lipinski definition) is 1. The monoisotopic (exact) mass is 165 g/mol. The summed E-state index contributed by atoms with van der Waals surface area (Å²) in [6.45, 7) is 8.31. The zero-order valence-electron chi connectivity index (χ0n) is 8.14. The van der Waals surface area contributed by atoms with Gasteiger partial charge in [0.05, 0.1) is 0 Å². The number of rotatable bonds is 2. The molecule has 0 heterocycles. The van der Waals surface area contributed by atoms with E-state index < -0.39 is 0 Å². The summed E-state index contributed by atoms with van der Waals surface area (Å²) < 4.78 is 0. The standard InChI is InChI=1S/C11H19N/c1-4-5-9-6-10(12)8-11(2,3)7-9/h4,6,10H,1,5,7-8,12H2,2-3H3. The van der Waals surface area contributed by atoms with Crippen molar-refractivity contribution in [3.05, 3.63) is 24.3 Å². The summed E-state index contributed by atoms with van der Waals surface area (Å²) in [4.78, 5) is 0. The molecule has 12 heavy (non-hydrogen) atoms. The van der Waals surface area contributed by atoms with Gasteiger partial charge in [-0.3, -0.25) is 0 Å². The predicted octanol–water partition coefficient (Wildman–Crippen LogP) is 2.64. The van der Waals surface area contributed by atoms with Crippen LogP contribution < -0.4 is 5.73 Å². The van der Waals surface area contributed by atoms with E-state index in [1.54, 1.807) is 0 Å². The third kappa shape index (κ3) is 2.49. The molecule has 2 N–H and O–H groups in total. The second kappa shape index (κ2) is 3.44. The Balaban J connectivity index is 2.69. The van der Waals surface area contributed by atoms with Crippen LogP contribution in [0.25, 0.3) is 0 Å². The third-order valence-corrected chi connectivity index (χ3v) is 2.35. The van der Waals surface area contributed by atoms with Gasteiger partial charge in [-0.1, -0.05) is 31.6 Å². The molecule has 0 saturated carbocycles. The van der Waals surface area contributed by atoms with E-state index in [1.165, 1.54) is 12.0 Å². The summed E-state index contributed by atoms with van der Waals surface area (Å²) in [5.41, 5.74) is 7.75. The molecule has 1 aliphatic rings. The van der Waals surface area contributed by atoms with Crippen LogP contribution in [0.4, 0.5) is 0 Å². The van der Waals surface area contributed by atoms with E-state index in [4.69, 9.17) is 5.73 Å². The van der Waals surface area contributed by atoms with E-state index in [0.717, 1.165) is 12.8 Å². The van der Waals surface area contributed by atoms with Gasteiger partial charge in [-0.15, -0.1) is 6.58 Å². The Morgan fingerprint density at radius 1 is 1.75 bits per heavy atom. The summed E-state index contributed by atoms with van der Waals surface area (Å²) >= 11 is 0. The second-order valence-electron chi connectivity index (χ2n) is 4.53. The molecule has 0 aromatic heterocycles. The summed E-state index contributed by atoms with van der Waals surface area (Å²) in [7, 11) is 0. The van der Waals surface area contributed by atoms with Gasteiger partial charge >= 0.3 is 0 Å². The zero-order valence-corrected chi connectivity index (χ0v) is 8.14. The van der Waals surface area contributed by atoms with Crippen LogP contribution in [0.5, 0.6) is 0 Å². The molecule has 0 fully saturated rings. The molecule has 68 valence electrons. The van der Waals surface area contributed by atoms with Crippen LogP contribution >= 0.6 is 0 Å². The first-order chi connectivity index (χ1) is 5.53. The maximum atomic E-state index is 5.92. The fourth-order valence-corrected chi connectivity index (χ4v) is 2.07. The van der Waals surface area contributed by atoms with Crippen molar-refractivity contribution in [2.75, 3.05) is 0 Å². The number of hydrogen-bond donors (Lipinski definition) is 1. The Bertz CT molecular complexity index is 201. The van der Waals surface area contributed by atoms with Gasteiger partial charge in [0.15, 0.2) is 0 Å². The molecule has 0 aromatic rings. The Labute approximate surface area is 75.3 Å². The molecule has 0 aliphatic heterocycles. The minimum Gasteiger partial charge on any atom is -0.324 e. The van der Waals surface area contributed by atoms with Gasteiger partial charge in [0.1, 0.15) is 0 Å². The largest absolute Gasteiger partial charge is 0.324 e. The second-order valence-corrected chi connectivity index (χ2v) is 4.53. The van der Waals surface area contributed by atoms with Crippen molar-refractivity contribution in [3.63, 3.8) is 0 Å². The average Bonchev–Trinajstić information content (AvgIpc) is 1.82. The average molecular weight is 165 g/mol. The summed E-state index contributed by atoms with van der Waals surface area (Å²) in [6, 6.07) is 0.253. The van der Waals surface area contributed by atoms with Crippen LogP contribution in [-0.4, -0.2) is 6.04 Å². The molecule has 1 unspecified atom stereocenters. The fourth-order valence-electron chi connectivity index (χ4n) is 2.07. The van der Waals surface area contributed by atoms with Crippen LogP contribution in [0.1, 0.15) is 33.1 Å². The maximum absolute atomic E-state index is 5.92. The summed E-state index contributed by atoms with van der Waals surface area (Å²) in [5, 5.41) is 0. The molecule has 1 heteroatoms. The highest BCUT2D eigenvalue weighted by molar-refractivity contribution is 5.16. The minimum atomic E-state index is 0.253. The molecule has 1 aliphatic carbocycles. The molecule has 1 rings (SSSR count). The van der Waals surface area contributed by atoms with Gasteiger partial charge in [0, 0.05) is 6.04 Å². The van der Waals surface area contributed by atoms with Crippen molar-refractivity contribution < 1.29 is 0 Å². The Hall–Kier alpha value is -0.560. The van der Waals surface area contributed by atoms with Crippen LogP contribution in [0.3, 0.4) is 0 Å². The van der Waals surface area contributed by atoms with Gasteiger partial charge < -0.3 is 5.73 Å². The normalized spacial score (nSPS) is 27.9. The Kier molecular flexibility index (Phi) is 2.73. The highest BCUT2D eigenvalue weighted by Gasteiger charge is 2.25. The van der Waals surface area contributed by atoms with Gasteiger partial charge in [0.25, 0.3) is 0 Å². The first kappa shape index (κ1) is 9.53. The van der Waals surface area contributed by atoms with E-state index >= 15 is 0 Å². The van der Waals surface area contributed by atoms with E-state index in [2.05, 4.69) is 26.5 Å². The molecule has 0 aromatic carbocycles. The molecule has 0 bridgehead atoms. The van der Waals surface area contributed by atoms with Gasteiger partial charge in [-0.25, -0.2) is 0 Å². The first-order valence-electron chi connectivity index (χ1n) is 4.59. The van der Waals surface area contributed by atoms with E-state index in [1.807, 2.05) is 6.08 Å². The Morgan fingerprint density at radius 3 is 2.92 bits per heavy atom. The lowest BCUT2D eigenvalue weighted by Gasteiger charge is -2.32. The van der Waals surface area contributed by atoms with Crippen molar-refractivity contribution >= 4 is 0 Å². The highest BCUT2D eigenvalue weighted by atomic mass is 14.6. The Morgan fingerprint density at radius 2 is 2.42 bits per heavy atom. The lowest BCUT2D eigenvalue weighted by Crippen LogP contribution is -2.30. The predicted molar refractivity (Wildman–Crippen MR) is 53.9 cm³/mol. The van der Waals surface area contributed by atoms with E-state index in [9.17, 15) is 0 Å². The topological polar surface area (TPSA) is 26.0 Å². The quantitative estimate of drug-likeness (QED) is 0.625. The van der Waals surface area contributed by atoms with Crippen molar-refractivity contribution in [1.29, 1.82) is 0 Å². The van der Waals surface area contributed by atoms with Gasteiger partial charge in [-0.05, 0) is 24.7 Å². The zero-order chi connectivity index (χ0) is 9.19. The van der Waals surface area contributed by atoms with Crippen molar-refractivity contribution in [2.24, 2.45) is 11.1 Å². The van der Waals surface area contributed by atoms with Crippen LogP contribution in [0.2, 0.25) is 0 Å². The van der Waals surface area contributed by atoms with Crippen LogP contribution in [0.15, 0.2) is 24.3 Å². The van der Waals surface area contributed by atoms with Crippen molar-refractivity contribution in [3.8, 4) is 0 Å².